The van der Waals surface area contributed by atoms with Crippen LogP contribution in [0, 0.1) is 0 Å². The van der Waals surface area contributed by atoms with Crippen LogP contribution in [0.4, 0.5) is 0 Å². The molecule has 7 heteroatoms. The van der Waals surface area contributed by atoms with E-state index in [1.54, 1.807) is 11.0 Å². The number of hydrogen-bond donors (Lipinski definition) is 1. The molecule has 0 saturated heterocycles. The number of aromatic nitrogens is 1. The van der Waals surface area contributed by atoms with Gasteiger partial charge < -0.3 is 10.0 Å². The second-order valence-electron chi connectivity index (χ2n) is 4.58. The van der Waals surface area contributed by atoms with Crippen molar-refractivity contribution >= 4 is 39.4 Å². The van der Waals surface area contributed by atoms with Crippen LogP contribution in [0.15, 0.2) is 16.7 Å². The Bertz CT molecular complexity index is 508. The minimum absolute atomic E-state index is 0.0287. The average Bonchev–Trinajstić information content (AvgIpc) is 2.36. The first-order valence-corrected chi connectivity index (χ1v) is 7.33. The SMILES string of the molecule is CC(C)N(CCCC(=O)O)C(=O)c1cc(Br)cnc1Cl. The van der Waals surface area contributed by atoms with Crippen molar-refractivity contribution in [1.29, 1.82) is 0 Å². The first-order chi connectivity index (χ1) is 9.32. The number of amides is 1. The van der Waals surface area contributed by atoms with Gasteiger partial charge in [-0.15, -0.1) is 0 Å². The Morgan fingerprint density at radius 1 is 1.50 bits per heavy atom. The van der Waals surface area contributed by atoms with Crippen molar-refractivity contribution in [2.24, 2.45) is 0 Å². The Kier molecular flexibility index (Phi) is 6.42. The van der Waals surface area contributed by atoms with E-state index in [1.165, 1.54) is 6.20 Å². The molecule has 0 spiro atoms. The number of nitrogens with zero attached hydrogens (tertiary/aromatic N) is 2. The van der Waals surface area contributed by atoms with Gasteiger partial charge >= 0.3 is 5.97 Å². The average molecular weight is 364 g/mol. The molecule has 20 heavy (non-hydrogen) atoms. The summed E-state index contributed by atoms with van der Waals surface area (Å²) < 4.78 is 0.666. The van der Waals surface area contributed by atoms with Gasteiger partial charge in [0.2, 0.25) is 0 Å². The molecular weight excluding hydrogens is 348 g/mol. The predicted molar refractivity (Wildman–Crippen MR) is 80.0 cm³/mol. The Morgan fingerprint density at radius 2 is 2.15 bits per heavy atom. The number of carbonyl (C=O) groups excluding carboxylic acids is 1. The number of carboxylic acid groups (broad SMARTS) is 1. The fourth-order valence-electron chi connectivity index (χ4n) is 1.72. The van der Waals surface area contributed by atoms with Crippen LogP contribution in [-0.4, -0.2) is 39.5 Å². The van der Waals surface area contributed by atoms with Gasteiger partial charge in [0.25, 0.3) is 5.91 Å². The number of aliphatic carboxylic acids is 1. The highest BCUT2D eigenvalue weighted by Gasteiger charge is 2.21. The second kappa shape index (κ2) is 7.59. The topological polar surface area (TPSA) is 70.5 Å². The van der Waals surface area contributed by atoms with E-state index in [0.29, 0.717) is 23.0 Å². The van der Waals surface area contributed by atoms with Gasteiger partial charge in [0.1, 0.15) is 5.15 Å². The van der Waals surface area contributed by atoms with Crippen LogP contribution in [0.2, 0.25) is 5.15 Å². The Hall–Kier alpha value is -1.14. The summed E-state index contributed by atoms with van der Waals surface area (Å²) in [6.07, 6.45) is 1.95. The summed E-state index contributed by atoms with van der Waals surface area (Å²) in [7, 11) is 0. The molecule has 0 aliphatic carbocycles. The van der Waals surface area contributed by atoms with E-state index in [-0.39, 0.29) is 23.5 Å². The molecule has 0 unspecified atom stereocenters. The highest BCUT2D eigenvalue weighted by molar-refractivity contribution is 9.10. The van der Waals surface area contributed by atoms with Crippen LogP contribution >= 0.6 is 27.5 Å². The smallest absolute Gasteiger partial charge is 0.303 e. The van der Waals surface area contributed by atoms with Crippen molar-refractivity contribution in [3.05, 3.63) is 27.5 Å². The highest BCUT2D eigenvalue weighted by Crippen LogP contribution is 2.21. The third-order valence-corrected chi connectivity index (χ3v) is 3.44. The van der Waals surface area contributed by atoms with Crippen LogP contribution in [0.1, 0.15) is 37.0 Å². The summed E-state index contributed by atoms with van der Waals surface area (Å²) in [5.41, 5.74) is 0.310. The lowest BCUT2D eigenvalue weighted by molar-refractivity contribution is -0.137. The molecule has 1 rings (SSSR count). The fraction of sp³-hybridized carbons (Fsp3) is 0.462. The number of pyridine rings is 1. The molecule has 0 saturated carbocycles. The summed E-state index contributed by atoms with van der Waals surface area (Å²) in [6.45, 7) is 4.11. The van der Waals surface area contributed by atoms with Gasteiger partial charge in [-0.25, -0.2) is 4.98 Å². The summed E-state index contributed by atoms with van der Waals surface area (Å²) in [5.74, 6) is -1.12. The van der Waals surface area contributed by atoms with E-state index in [9.17, 15) is 9.59 Å². The Morgan fingerprint density at radius 3 is 2.70 bits per heavy atom. The molecule has 0 fully saturated rings. The lowest BCUT2D eigenvalue weighted by Crippen LogP contribution is -2.38. The van der Waals surface area contributed by atoms with Crippen LogP contribution in [-0.2, 0) is 4.79 Å². The van der Waals surface area contributed by atoms with Gasteiger partial charge in [-0.2, -0.15) is 0 Å². The van der Waals surface area contributed by atoms with Gasteiger partial charge in [-0.3, -0.25) is 9.59 Å². The third kappa shape index (κ3) is 4.76. The van der Waals surface area contributed by atoms with Gasteiger partial charge in [-0.1, -0.05) is 11.6 Å². The van der Waals surface area contributed by atoms with Gasteiger partial charge in [0.15, 0.2) is 0 Å². The van der Waals surface area contributed by atoms with E-state index < -0.39 is 5.97 Å². The summed E-state index contributed by atoms with van der Waals surface area (Å²) in [4.78, 5) is 28.5. The van der Waals surface area contributed by atoms with Crippen molar-refractivity contribution in [3.63, 3.8) is 0 Å². The molecular formula is C13H16BrClN2O3. The Balaban J connectivity index is 2.88. The molecule has 0 aromatic carbocycles. The van der Waals surface area contributed by atoms with Crippen LogP contribution < -0.4 is 0 Å². The maximum absolute atomic E-state index is 12.5. The van der Waals surface area contributed by atoms with Crippen molar-refractivity contribution in [1.82, 2.24) is 9.88 Å². The number of carbonyl (C=O) groups is 2. The summed E-state index contributed by atoms with van der Waals surface area (Å²) in [6, 6.07) is 1.57. The number of hydrogen-bond acceptors (Lipinski definition) is 3. The molecule has 0 atom stereocenters. The lowest BCUT2D eigenvalue weighted by atomic mass is 10.2. The van der Waals surface area contributed by atoms with Crippen LogP contribution in [0.3, 0.4) is 0 Å². The molecule has 0 aliphatic heterocycles. The Labute approximate surface area is 131 Å². The highest BCUT2D eigenvalue weighted by atomic mass is 79.9. The molecule has 1 heterocycles. The normalized spacial score (nSPS) is 10.7. The molecule has 0 radical (unpaired) electrons. The van der Waals surface area contributed by atoms with Crippen molar-refractivity contribution in [2.45, 2.75) is 32.7 Å². The van der Waals surface area contributed by atoms with Crippen LogP contribution in [0.5, 0.6) is 0 Å². The van der Waals surface area contributed by atoms with E-state index in [4.69, 9.17) is 16.7 Å². The molecule has 0 bridgehead atoms. The van der Waals surface area contributed by atoms with Crippen molar-refractivity contribution in [2.75, 3.05) is 6.54 Å². The van der Waals surface area contributed by atoms with Gasteiger partial charge in [0.05, 0.1) is 5.56 Å². The number of halogens is 2. The van der Waals surface area contributed by atoms with Gasteiger partial charge in [-0.05, 0) is 42.3 Å². The van der Waals surface area contributed by atoms with E-state index in [1.807, 2.05) is 13.8 Å². The first-order valence-electron chi connectivity index (χ1n) is 6.16. The molecule has 110 valence electrons. The summed E-state index contributed by atoms with van der Waals surface area (Å²) in [5, 5.41) is 8.80. The summed E-state index contributed by atoms with van der Waals surface area (Å²) >= 11 is 9.20. The molecule has 1 aromatic rings. The maximum atomic E-state index is 12.5. The number of rotatable bonds is 6. The molecule has 1 N–H and O–H groups in total. The molecule has 1 aromatic heterocycles. The fourth-order valence-corrected chi connectivity index (χ4v) is 2.24. The third-order valence-electron chi connectivity index (χ3n) is 2.71. The van der Waals surface area contributed by atoms with Crippen molar-refractivity contribution in [3.8, 4) is 0 Å². The minimum atomic E-state index is -0.872. The number of carboxylic acids is 1. The quantitative estimate of drug-likeness (QED) is 0.788. The zero-order chi connectivity index (χ0) is 15.3. The maximum Gasteiger partial charge on any atom is 0.303 e. The minimum Gasteiger partial charge on any atom is -0.481 e. The first kappa shape index (κ1) is 16.9. The van der Waals surface area contributed by atoms with Crippen molar-refractivity contribution < 1.29 is 14.7 Å². The predicted octanol–water partition coefficient (Wildman–Crippen LogP) is 3.21. The van der Waals surface area contributed by atoms with Crippen LogP contribution in [0.25, 0.3) is 0 Å². The standard InChI is InChI=1S/C13H16BrClN2O3/c1-8(2)17(5-3-4-11(18)19)13(20)10-6-9(14)7-16-12(10)15/h6-8H,3-5H2,1-2H3,(H,18,19). The van der Waals surface area contributed by atoms with E-state index in [2.05, 4.69) is 20.9 Å². The second-order valence-corrected chi connectivity index (χ2v) is 5.86. The zero-order valence-electron chi connectivity index (χ0n) is 11.3. The molecule has 5 nitrogen and oxygen atoms in total. The zero-order valence-corrected chi connectivity index (χ0v) is 13.6. The molecule has 1 amide bonds. The largest absolute Gasteiger partial charge is 0.481 e. The monoisotopic (exact) mass is 362 g/mol. The van der Waals surface area contributed by atoms with Gasteiger partial charge in [0, 0.05) is 29.7 Å². The van der Waals surface area contributed by atoms with E-state index >= 15 is 0 Å². The van der Waals surface area contributed by atoms with E-state index in [0.717, 1.165) is 0 Å². The molecule has 0 aliphatic rings. The lowest BCUT2D eigenvalue weighted by Gasteiger charge is -2.27.